The van der Waals surface area contributed by atoms with Crippen LogP contribution in [0, 0.1) is 10.8 Å². The first-order chi connectivity index (χ1) is 21.6. The first kappa shape index (κ1) is 33.8. The average molecular weight is 701 g/mol. The van der Waals surface area contributed by atoms with Gasteiger partial charge in [0.25, 0.3) is 0 Å². The fourth-order valence-corrected chi connectivity index (χ4v) is 36.5. The molecule has 2 atom stereocenters. The molecule has 2 unspecified atom stereocenters. The van der Waals surface area contributed by atoms with E-state index >= 15 is 0 Å². The topological polar surface area (TPSA) is 0 Å². The molecule has 0 aliphatic heterocycles. The van der Waals surface area contributed by atoms with Gasteiger partial charge in [-0.2, -0.15) is 0 Å². The van der Waals surface area contributed by atoms with Crippen molar-refractivity contribution in [3.8, 4) is 0 Å². The average Bonchev–Trinajstić information content (AvgIpc) is 3.54. The van der Waals surface area contributed by atoms with E-state index in [1.807, 2.05) is 0 Å². The van der Waals surface area contributed by atoms with Crippen molar-refractivity contribution in [3.05, 3.63) is 154 Å². The van der Waals surface area contributed by atoms with E-state index in [9.17, 15) is 18.6 Å². The number of hydrogen-bond donors (Lipinski definition) is 0. The van der Waals surface area contributed by atoms with Crippen molar-refractivity contribution in [1.82, 2.24) is 0 Å². The Bertz CT molecular complexity index is 1700. The Labute approximate surface area is 287 Å². The van der Waals surface area contributed by atoms with Gasteiger partial charge in [-0.3, -0.25) is 0 Å². The van der Waals surface area contributed by atoms with Crippen LogP contribution in [0.3, 0.4) is 0 Å². The maximum atomic E-state index is 9.35. The van der Waals surface area contributed by atoms with Gasteiger partial charge in [0.2, 0.25) is 0 Å². The molecular weight excluding hydrogens is 651 g/mol. The van der Waals surface area contributed by atoms with Gasteiger partial charge in [0.05, 0.1) is 0 Å². The number of fused-ring (bicyclic) bond motifs is 2. The van der Waals surface area contributed by atoms with E-state index in [1.165, 1.54) is 44.5 Å². The number of rotatable bonds is 7. The van der Waals surface area contributed by atoms with Crippen LogP contribution >= 0.6 is 18.6 Å². The molecule has 0 saturated heterocycles. The second-order valence-corrected chi connectivity index (χ2v) is 45.0. The summed E-state index contributed by atoms with van der Waals surface area (Å²) in [4.78, 5) is 0. The van der Waals surface area contributed by atoms with Gasteiger partial charge in [-0.1, -0.05) is 0 Å². The second kappa shape index (κ2) is 11.5. The van der Waals surface area contributed by atoms with Crippen LogP contribution in [0.25, 0.3) is 12.2 Å². The van der Waals surface area contributed by atoms with Crippen LogP contribution in [0.1, 0.15) is 74.9 Å². The summed E-state index contributed by atoms with van der Waals surface area (Å²) in [7, 11) is 18.7. The molecule has 0 aromatic heterocycles. The number of hydrogen-bond acceptors (Lipinski definition) is 0. The Morgan fingerprint density at radius 2 is 0.848 bits per heavy atom. The monoisotopic (exact) mass is 699 g/mol. The zero-order valence-corrected chi connectivity index (χ0v) is 33.0. The quantitative estimate of drug-likeness (QED) is 0.168. The third-order valence-corrected chi connectivity index (χ3v) is 50.0. The molecule has 0 nitrogen and oxygen atoms in total. The summed E-state index contributed by atoms with van der Waals surface area (Å²) in [5, 5.41) is 0. The normalized spacial score (nSPS) is 22.1. The van der Waals surface area contributed by atoms with Crippen molar-refractivity contribution < 1.29 is 12.4 Å². The molecule has 0 amide bonds. The zero-order chi connectivity index (χ0) is 33.2. The molecule has 4 aromatic carbocycles. The summed E-state index contributed by atoms with van der Waals surface area (Å²) < 4.78 is -1.10. The molecule has 0 fully saturated rings. The maximum absolute atomic E-state index is 9.35. The van der Waals surface area contributed by atoms with Crippen molar-refractivity contribution in [3.63, 3.8) is 0 Å². The number of benzene rings is 4. The van der Waals surface area contributed by atoms with E-state index in [-0.39, 0.29) is 10.8 Å². The summed E-state index contributed by atoms with van der Waals surface area (Å²) in [6, 6.07) is 40.2. The third-order valence-electron chi connectivity index (χ3n) is 11.2. The van der Waals surface area contributed by atoms with Crippen molar-refractivity contribution in [2.24, 2.45) is 10.8 Å². The van der Waals surface area contributed by atoms with Gasteiger partial charge in [0.15, 0.2) is 0 Å². The van der Waals surface area contributed by atoms with Crippen molar-refractivity contribution in [2.75, 3.05) is 0 Å². The van der Waals surface area contributed by atoms with Crippen LogP contribution in [0.15, 0.2) is 120 Å². The molecular formula is C42H49Cl2SiTi. The predicted molar refractivity (Wildman–Crippen MR) is 202 cm³/mol. The number of halogens is 2. The standard InChI is InChI=1S/2C20H21.C2H7Si.2ClH.Ti/c2*1-20(2,3)19-14-16-11-7-8-12-17(16)18(19)13-15-9-5-4-6-10-15;1-3-2;;;/h2*4-12,14H,13H2,1-3H3;3H,1-2H3;2*1H;/q;;;;;+2/p-2. The fourth-order valence-electron chi connectivity index (χ4n) is 9.43. The molecule has 0 N–H and O–H groups in total. The Morgan fingerprint density at radius 3 is 1.17 bits per heavy atom. The first-order valence-corrected chi connectivity index (χ1v) is 28.3. The van der Waals surface area contributed by atoms with Crippen molar-refractivity contribution in [2.45, 2.75) is 74.9 Å². The SMILES string of the molecule is C[SiH](C)[Ti]([Cl])([Cl])([C]1(Cc2ccccc2)C(C(C)(C)C)=Cc2ccccc21)[C]1(Cc2ccccc2)C(C(C)(C)C)=Cc2ccccc21. The van der Waals surface area contributed by atoms with Crippen LogP contribution < -0.4 is 0 Å². The van der Waals surface area contributed by atoms with Gasteiger partial charge >= 0.3 is 289 Å². The van der Waals surface area contributed by atoms with E-state index in [1.54, 1.807) is 0 Å². The molecule has 4 aromatic rings. The molecule has 2 aliphatic carbocycles. The molecule has 0 saturated carbocycles. The second-order valence-electron chi connectivity index (χ2n) is 16.2. The fraction of sp³-hybridized carbons (Fsp3) is 0.333. The van der Waals surface area contributed by atoms with E-state index in [4.69, 9.17) is 0 Å². The van der Waals surface area contributed by atoms with Crippen LogP contribution in [0.2, 0.25) is 13.1 Å². The molecule has 2 aliphatic rings. The minimum atomic E-state index is -5.19. The summed E-state index contributed by atoms with van der Waals surface area (Å²) in [6.45, 7) is 17.3. The Kier molecular flexibility index (Phi) is 8.43. The van der Waals surface area contributed by atoms with Crippen molar-refractivity contribution >= 4 is 37.4 Å². The summed E-state index contributed by atoms with van der Waals surface area (Å²) in [5.74, 6) is 0. The summed E-state index contributed by atoms with van der Waals surface area (Å²) in [6.07, 6.45) is 6.55. The van der Waals surface area contributed by atoms with Gasteiger partial charge < -0.3 is 0 Å². The Balaban J connectivity index is 1.87. The van der Waals surface area contributed by atoms with Crippen LogP contribution in [-0.4, -0.2) is 6.66 Å². The molecule has 0 bridgehead atoms. The molecule has 0 heterocycles. The molecule has 4 heteroatoms. The van der Waals surface area contributed by atoms with E-state index < -0.39 is 26.5 Å². The number of allylic oxidation sites excluding steroid dienone is 2. The van der Waals surface area contributed by atoms with E-state index in [0.717, 1.165) is 12.8 Å². The first-order valence-electron chi connectivity index (χ1n) is 16.9. The van der Waals surface area contributed by atoms with Gasteiger partial charge in [0.1, 0.15) is 0 Å². The minimum absolute atomic E-state index is 0.164. The van der Waals surface area contributed by atoms with Gasteiger partial charge in [-0.05, 0) is 0 Å². The zero-order valence-electron chi connectivity index (χ0n) is 28.8. The van der Waals surface area contributed by atoms with Crippen LogP contribution in [0.5, 0.6) is 0 Å². The third kappa shape index (κ3) is 4.71. The van der Waals surface area contributed by atoms with E-state index in [2.05, 4.69) is 176 Å². The van der Waals surface area contributed by atoms with Crippen LogP contribution in [0.4, 0.5) is 0 Å². The summed E-state index contributed by atoms with van der Waals surface area (Å²) >= 11 is -5.19. The molecule has 0 radical (unpaired) electrons. The predicted octanol–water partition coefficient (Wildman–Crippen LogP) is 12.1. The molecule has 6 rings (SSSR count). The Morgan fingerprint density at radius 1 is 0.522 bits per heavy atom. The molecule has 46 heavy (non-hydrogen) atoms. The van der Waals surface area contributed by atoms with Crippen molar-refractivity contribution in [1.29, 1.82) is 0 Å². The molecule has 0 spiro atoms. The van der Waals surface area contributed by atoms with Gasteiger partial charge in [-0.15, -0.1) is 0 Å². The van der Waals surface area contributed by atoms with Crippen LogP contribution in [-0.2, 0) is 32.7 Å². The van der Waals surface area contributed by atoms with E-state index in [0.29, 0.717) is 0 Å². The van der Waals surface area contributed by atoms with Gasteiger partial charge in [-0.25, -0.2) is 0 Å². The summed E-state index contributed by atoms with van der Waals surface area (Å²) in [5.41, 5.74) is 10.3. The molecule has 239 valence electrons. The van der Waals surface area contributed by atoms with Gasteiger partial charge in [0, 0.05) is 0 Å². The Hall–Kier alpha value is -2.13.